The van der Waals surface area contributed by atoms with E-state index in [9.17, 15) is 4.57 Å². The van der Waals surface area contributed by atoms with E-state index in [0.717, 1.165) is 0 Å². The predicted octanol–water partition coefficient (Wildman–Crippen LogP) is 6.69. The van der Waals surface area contributed by atoms with E-state index in [0.29, 0.717) is 17.2 Å². The summed E-state index contributed by atoms with van der Waals surface area (Å²) in [7, 11) is -3.23. The van der Waals surface area contributed by atoms with Gasteiger partial charge in [-0.2, -0.15) is 0 Å². The van der Waals surface area contributed by atoms with Crippen LogP contribution in [0.3, 0.4) is 0 Å². The molecule has 27 heavy (non-hydrogen) atoms. The fraction of sp³-hybridized carbons (Fsp3) is 0.143. The zero-order chi connectivity index (χ0) is 19.5. The van der Waals surface area contributed by atoms with Gasteiger partial charge in [0.2, 0.25) is 0 Å². The van der Waals surface area contributed by atoms with Crippen LogP contribution in [0.4, 0.5) is 0 Å². The first kappa shape index (κ1) is 21.0. The van der Waals surface area contributed by atoms with Gasteiger partial charge >= 0.3 is 8.60 Å². The fourth-order valence-corrected chi connectivity index (χ4v) is 2.75. The maximum atomic E-state index is 10.2. The van der Waals surface area contributed by atoms with Crippen LogP contribution in [0.1, 0.15) is 0 Å². The second-order valence-corrected chi connectivity index (χ2v) is 11.1. The number of benzene rings is 3. The Bertz CT molecular complexity index is 714. The largest absolute Gasteiger partial charge is 0.530 e. The minimum atomic E-state index is -1.64. The second-order valence-electron chi connectivity index (χ2n) is 6.33. The Hall–Kier alpha value is -2.28. The van der Waals surface area contributed by atoms with Gasteiger partial charge in [-0.3, -0.25) is 0 Å². The molecule has 0 unspecified atom stereocenters. The van der Waals surface area contributed by atoms with Crippen molar-refractivity contribution in [2.45, 2.75) is 0 Å². The van der Waals surface area contributed by atoms with Crippen molar-refractivity contribution in [2.75, 3.05) is 20.0 Å². The number of hydrogen-bond donors (Lipinski definition) is 0. The summed E-state index contributed by atoms with van der Waals surface area (Å²) in [5.74, 6) is 2.13. The van der Waals surface area contributed by atoms with Gasteiger partial charge in [0.25, 0.3) is 0 Å². The van der Waals surface area contributed by atoms with Crippen molar-refractivity contribution < 1.29 is 18.1 Å². The summed E-state index contributed by atoms with van der Waals surface area (Å²) in [6.07, 6.45) is 0. The van der Waals surface area contributed by atoms with Crippen molar-refractivity contribution in [3.05, 3.63) is 91.0 Å². The van der Waals surface area contributed by atoms with Gasteiger partial charge in [0.1, 0.15) is 17.2 Å². The van der Waals surface area contributed by atoms with Crippen molar-refractivity contribution in [1.29, 1.82) is 0 Å². The van der Waals surface area contributed by atoms with Crippen molar-refractivity contribution in [3.63, 3.8) is 0 Å². The highest BCUT2D eigenvalue weighted by molar-refractivity contribution is 7.61. The Morgan fingerprint density at radius 1 is 0.556 bits per heavy atom. The Morgan fingerprint density at radius 2 is 0.778 bits per heavy atom. The molecule has 0 saturated carbocycles. The zero-order valence-corrected chi connectivity index (χ0v) is 17.5. The lowest BCUT2D eigenvalue weighted by Gasteiger charge is -2.17. The van der Waals surface area contributed by atoms with Crippen LogP contribution in [0, 0.1) is 0 Å². The van der Waals surface area contributed by atoms with Crippen LogP contribution >= 0.6 is 15.7 Å². The molecule has 0 heterocycles. The van der Waals surface area contributed by atoms with Crippen LogP contribution in [0.25, 0.3) is 0 Å². The minimum absolute atomic E-state index is 0.709. The summed E-state index contributed by atoms with van der Waals surface area (Å²) in [5.41, 5.74) is 0. The average Bonchev–Trinajstić information content (AvgIpc) is 2.63. The summed E-state index contributed by atoms with van der Waals surface area (Å²) in [4.78, 5) is 0. The fourth-order valence-electron chi connectivity index (χ4n) is 1.76. The van der Waals surface area contributed by atoms with E-state index in [2.05, 4.69) is 0 Å². The van der Waals surface area contributed by atoms with Gasteiger partial charge in [-0.05, 0) is 56.4 Å². The third-order valence-electron chi connectivity index (χ3n) is 2.77. The summed E-state index contributed by atoms with van der Waals surface area (Å²) in [5, 5.41) is 0. The van der Waals surface area contributed by atoms with Gasteiger partial charge in [-0.1, -0.05) is 54.6 Å². The lowest BCUT2D eigenvalue weighted by molar-refractivity contribution is 0.388. The van der Waals surface area contributed by atoms with Crippen molar-refractivity contribution in [3.8, 4) is 17.2 Å². The SMILES string of the molecule is CP(C)(C)=O.c1ccc(OP(Oc2ccccc2)Oc2ccccc2)cc1. The standard InChI is InChI=1S/C18H15O3P.C3H9OP/c1-4-10-16(11-5-1)19-22(20-17-12-6-2-7-13-17)21-18-14-8-3-9-15-18;1-5(2,3)4/h1-15H;1-3H3. The summed E-state index contributed by atoms with van der Waals surface area (Å²) < 4.78 is 27.7. The molecule has 3 rings (SSSR count). The topological polar surface area (TPSA) is 44.8 Å². The molecule has 0 aliphatic carbocycles. The minimum Gasteiger partial charge on any atom is -0.409 e. The first-order valence-corrected chi connectivity index (χ1v) is 12.6. The van der Waals surface area contributed by atoms with Crippen molar-refractivity contribution in [2.24, 2.45) is 0 Å². The second kappa shape index (κ2) is 10.8. The molecular weight excluding hydrogens is 378 g/mol. The van der Waals surface area contributed by atoms with E-state index in [-0.39, 0.29) is 0 Å². The highest BCUT2D eigenvalue weighted by Crippen LogP contribution is 2.41. The first-order valence-electron chi connectivity index (χ1n) is 8.42. The molecule has 0 aliphatic heterocycles. The van der Waals surface area contributed by atoms with Crippen molar-refractivity contribution in [1.82, 2.24) is 0 Å². The third kappa shape index (κ3) is 9.84. The predicted molar refractivity (Wildman–Crippen MR) is 114 cm³/mol. The van der Waals surface area contributed by atoms with E-state index in [1.54, 1.807) is 20.0 Å². The Labute approximate surface area is 162 Å². The molecule has 3 aromatic rings. The molecular formula is C21H24O4P2. The highest BCUT2D eigenvalue weighted by atomic mass is 31.2. The van der Waals surface area contributed by atoms with E-state index in [4.69, 9.17) is 13.6 Å². The van der Waals surface area contributed by atoms with Crippen LogP contribution in [-0.2, 0) is 4.57 Å². The van der Waals surface area contributed by atoms with E-state index < -0.39 is 15.7 Å². The highest BCUT2D eigenvalue weighted by Gasteiger charge is 2.19. The summed E-state index contributed by atoms with van der Waals surface area (Å²) in [6.45, 7) is 5.23. The van der Waals surface area contributed by atoms with Gasteiger partial charge < -0.3 is 18.1 Å². The molecule has 0 spiro atoms. The quantitative estimate of drug-likeness (QED) is 0.431. The maximum absolute atomic E-state index is 10.2. The molecule has 0 atom stereocenters. The smallest absolute Gasteiger partial charge is 0.409 e. The normalized spacial score (nSPS) is 10.5. The molecule has 0 radical (unpaired) electrons. The van der Waals surface area contributed by atoms with Gasteiger partial charge in [0.15, 0.2) is 0 Å². The molecule has 0 amide bonds. The van der Waals surface area contributed by atoms with Gasteiger partial charge in [-0.15, -0.1) is 0 Å². The van der Waals surface area contributed by atoms with Gasteiger partial charge in [0.05, 0.1) is 7.14 Å². The lowest BCUT2D eigenvalue weighted by Crippen LogP contribution is -2.02. The van der Waals surface area contributed by atoms with E-state index in [1.807, 2.05) is 91.0 Å². The molecule has 0 aromatic heterocycles. The van der Waals surface area contributed by atoms with Crippen LogP contribution in [0.5, 0.6) is 17.2 Å². The Balaban J connectivity index is 0.000000465. The number of hydrogen-bond acceptors (Lipinski definition) is 4. The van der Waals surface area contributed by atoms with Crippen LogP contribution in [0.15, 0.2) is 91.0 Å². The molecule has 0 saturated heterocycles. The Morgan fingerprint density at radius 3 is 1.00 bits per heavy atom. The third-order valence-corrected chi connectivity index (χ3v) is 3.85. The summed E-state index contributed by atoms with van der Waals surface area (Å²) >= 11 is 0. The van der Waals surface area contributed by atoms with Crippen molar-refractivity contribution >= 4 is 15.7 Å². The maximum Gasteiger partial charge on any atom is 0.530 e. The summed E-state index contributed by atoms with van der Waals surface area (Å²) in [6, 6.07) is 28.5. The molecule has 3 aromatic carbocycles. The van der Waals surface area contributed by atoms with Gasteiger partial charge in [-0.25, -0.2) is 0 Å². The lowest BCUT2D eigenvalue weighted by atomic mass is 10.3. The zero-order valence-electron chi connectivity index (χ0n) is 15.7. The molecule has 4 nitrogen and oxygen atoms in total. The monoisotopic (exact) mass is 402 g/mol. The molecule has 0 aliphatic rings. The molecule has 0 fully saturated rings. The molecule has 142 valence electrons. The van der Waals surface area contributed by atoms with E-state index in [1.165, 1.54) is 0 Å². The Kier molecular flexibility index (Phi) is 8.39. The average molecular weight is 402 g/mol. The van der Waals surface area contributed by atoms with E-state index >= 15 is 0 Å². The number of rotatable bonds is 6. The van der Waals surface area contributed by atoms with Crippen LogP contribution < -0.4 is 13.6 Å². The molecule has 0 bridgehead atoms. The first-order chi connectivity index (χ1) is 12.9. The molecule has 6 heteroatoms. The van der Waals surface area contributed by atoms with Crippen LogP contribution in [-0.4, -0.2) is 20.0 Å². The van der Waals surface area contributed by atoms with Gasteiger partial charge in [0, 0.05) is 0 Å². The number of para-hydroxylation sites is 3. The van der Waals surface area contributed by atoms with Crippen LogP contribution in [0.2, 0.25) is 0 Å². The molecule has 0 N–H and O–H groups in total.